The molecule has 0 bridgehead atoms. The number of Topliss-reactive ketones (excluding diaryl/α,β-unsaturated/α-hetero) is 2. The Balaban J connectivity index is 4.68. The molecular formula is C43H87NO6P+. The highest BCUT2D eigenvalue weighted by atomic mass is 31.2. The largest absolute Gasteiger partial charge is 0.470 e. The van der Waals surface area contributed by atoms with Crippen molar-refractivity contribution >= 4 is 19.4 Å². The summed E-state index contributed by atoms with van der Waals surface area (Å²) in [5, 5.41) is 0. The molecule has 304 valence electrons. The van der Waals surface area contributed by atoms with E-state index in [-0.39, 0.29) is 35.3 Å². The van der Waals surface area contributed by atoms with Crippen LogP contribution in [-0.4, -0.2) is 58.6 Å². The third-order valence-electron chi connectivity index (χ3n) is 10.8. The maximum Gasteiger partial charge on any atom is 0.470 e. The van der Waals surface area contributed by atoms with E-state index in [2.05, 4.69) is 13.8 Å². The number of carbonyl (C=O) groups is 2. The van der Waals surface area contributed by atoms with Crippen LogP contribution in [0, 0.1) is 0 Å². The van der Waals surface area contributed by atoms with Crippen molar-refractivity contribution in [2.24, 2.45) is 0 Å². The molecule has 0 radical (unpaired) electrons. The van der Waals surface area contributed by atoms with Crippen molar-refractivity contribution in [2.75, 3.05) is 21.1 Å². The minimum Gasteiger partial charge on any atom is -0.319 e. The number of hydrogen-bond acceptors (Lipinski definition) is 4. The normalized spacial score (nSPS) is 14.1. The van der Waals surface area contributed by atoms with Gasteiger partial charge in [-0.1, -0.05) is 201 Å². The molecule has 0 aromatic carbocycles. The summed E-state index contributed by atoms with van der Waals surface area (Å²) in [7, 11) is 0.427. The fourth-order valence-electron chi connectivity index (χ4n) is 7.91. The Morgan fingerprint density at radius 2 is 0.784 bits per heavy atom. The van der Waals surface area contributed by atoms with Crippen LogP contribution in [0.5, 0.6) is 0 Å². The molecule has 7 nitrogen and oxygen atoms in total. The van der Waals surface area contributed by atoms with Crippen molar-refractivity contribution in [3.05, 3.63) is 0 Å². The molecule has 0 aliphatic rings. The van der Waals surface area contributed by atoms with Gasteiger partial charge in [0.1, 0.15) is 0 Å². The maximum atomic E-state index is 13.9. The topological polar surface area (TPSA) is 101 Å². The Morgan fingerprint density at radius 3 is 1.04 bits per heavy atom. The number of quaternary nitrogens is 1. The standard InChI is InChI=1S/C43H86NO6P/c1-7-10-12-14-16-18-20-22-24-26-28-30-32-34-36-38-40(45)42(44(4,5)6)43(9-3,50-51(47,48)49)41(46)39-37-35-33-31-29-27-25-23-21-19-17-15-13-11-8-2/h42H,7-39H2,1-6H3,(H-,47,48,49)/p+1. The van der Waals surface area contributed by atoms with Gasteiger partial charge in [0.15, 0.2) is 23.2 Å². The first-order valence-electron chi connectivity index (χ1n) is 22.0. The molecule has 0 spiro atoms. The number of ketones is 2. The van der Waals surface area contributed by atoms with Gasteiger partial charge in [0, 0.05) is 12.8 Å². The molecule has 0 rings (SSSR count). The average Bonchev–Trinajstić information content (AvgIpc) is 3.06. The van der Waals surface area contributed by atoms with E-state index in [1.165, 1.54) is 148 Å². The van der Waals surface area contributed by atoms with Crippen LogP contribution in [0.15, 0.2) is 0 Å². The predicted octanol–water partition coefficient (Wildman–Crippen LogP) is 13.0. The second kappa shape index (κ2) is 31.7. The first kappa shape index (κ1) is 50.4. The van der Waals surface area contributed by atoms with Gasteiger partial charge in [0.25, 0.3) is 0 Å². The van der Waals surface area contributed by atoms with Crippen LogP contribution in [0.3, 0.4) is 0 Å². The summed E-state index contributed by atoms with van der Waals surface area (Å²) in [6, 6.07) is -0.981. The molecule has 0 aromatic rings. The van der Waals surface area contributed by atoms with E-state index in [0.717, 1.165) is 38.5 Å². The van der Waals surface area contributed by atoms with E-state index >= 15 is 0 Å². The minimum atomic E-state index is -5.04. The van der Waals surface area contributed by atoms with E-state index < -0.39 is 19.5 Å². The van der Waals surface area contributed by atoms with E-state index in [9.17, 15) is 23.9 Å². The second-order valence-electron chi connectivity index (χ2n) is 16.6. The lowest BCUT2D eigenvalue weighted by Crippen LogP contribution is -2.66. The first-order valence-corrected chi connectivity index (χ1v) is 23.5. The summed E-state index contributed by atoms with van der Waals surface area (Å²) in [5.74, 6) is -0.497. The number of carbonyl (C=O) groups excluding carboxylic acids is 2. The molecular weight excluding hydrogens is 657 g/mol. The molecule has 2 N–H and O–H groups in total. The molecule has 2 atom stereocenters. The number of unbranched alkanes of at least 4 members (excludes halogenated alkanes) is 28. The van der Waals surface area contributed by atoms with Crippen LogP contribution in [0.4, 0.5) is 0 Å². The van der Waals surface area contributed by atoms with Gasteiger partial charge < -0.3 is 14.3 Å². The molecule has 0 fully saturated rings. The monoisotopic (exact) mass is 745 g/mol. The van der Waals surface area contributed by atoms with Gasteiger partial charge in [-0.3, -0.25) is 14.1 Å². The summed E-state index contributed by atoms with van der Waals surface area (Å²) in [6.45, 7) is 6.23. The SMILES string of the molecule is CCCCCCCCCCCCCCCCCC(=O)C(C(CC)(OP(=O)(O)O)C(=O)CCCCCCCCCCCCCCCCC)[N+](C)(C)C. The van der Waals surface area contributed by atoms with Crippen molar-refractivity contribution < 1.29 is 32.9 Å². The zero-order valence-corrected chi connectivity index (χ0v) is 35.7. The zero-order chi connectivity index (χ0) is 38.3. The smallest absolute Gasteiger partial charge is 0.319 e. The molecule has 0 heterocycles. The molecule has 2 unspecified atom stereocenters. The van der Waals surface area contributed by atoms with Crippen molar-refractivity contribution in [2.45, 2.75) is 244 Å². The molecule has 0 saturated carbocycles. The quantitative estimate of drug-likeness (QED) is 0.0369. The van der Waals surface area contributed by atoms with Crippen molar-refractivity contribution in [3.63, 3.8) is 0 Å². The van der Waals surface area contributed by atoms with Crippen molar-refractivity contribution in [1.82, 2.24) is 0 Å². The summed E-state index contributed by atoms with van der Waals surface area (Å²) in [5.41, 5.74) is -1.85. The van der Waals surface area contributed by atoms with Crippen LogP contribution in [0.25, 0.3) is 0 Å². The summed E-state index contributed by atoms with van der Waals surface area (Å²) >= 11 is 0. The number of phosphoric ester groups is 1. The Bertz CT molecular complexity index is 884. The molecule has 51 heavy (non-hydrogen) atoms. The lowest BCUT2D eigenvalue weighted by Gasteiger charge is -2.44. The highest BCUT2D eigenvalue weighted by Crippen LogP contribution is 2.47. The molecule has 0 aromatic heterocycles. The van der Waals surface area contributed by atoms with Gasteiger partial charge in [-0.2, -0.15) is 0 Å². The number of nitrogens with zero attached hydrogens (tertiary/aromatic N) is 1. The molecule has 0 saturated heterocycles. The first-order chi connectivity index (χ1) is 24.4. The number of phosphoric acid groups is 1. The van der Waals surface area contributed by atoms with E-state index in [0.29, 0.717) is 6.42 Å². The minimum absolute atomic E-state index is 0.0421. The molecule has 0 aliphatic heterocycles. The number of likely N-dealkylation sites (N-methyl/N-ethyl adjacent to an activating group) is 1. The molecule has 0 amide bonds. The van der Waals surface area contributed by atoms with Crippen molar-refractivity contribution in [3.8, 4) is 0 Å². The fraction of sp³-hybridized carbons (Fsp3) is 0.953. The highest BCUT2D eigenvalue weighted by Gasteiger charge is 2.57. The van der Waals surface area contributed by atoms with Gasteiger partial charge in [0.05, 0.1) is 21.1 Å². The van der Waals surface area contributed by atoms with Crippen LogP contribution < -0.4 is 0 Å². The Morgan fingerprint density at radius 1 is 0.510 bits per heavy atom. The Kier molecular flexibility index (Phi) is 31.4. The fourth-order valence-corrected chi connectivity index (χ4v) is 8.67. The van der Waals surface area contributed by atoms with Crippen LogP contribution >= 0.6 is 7.82 Å². The second-order valence-corrected chi connectivity index (χ2v) is 17.8. The van der Waals surface area contributed by atoms with Gasteiger partial charge in [-0.15, -0.1) is 0 Å². The predicted molar refractivity (Wildman–Crippen MR) is 217 cm³/mol. The highest BCUT2D eigenvalue weighted by molar-refractivity contribution is 7.46. The maximum absolute atomic E-state index is 13.9. The van der Waals surface area contributed by atoms with E-state index in [4.69, 9.17) is 4.52 Å². The van der Waals surface area contributed by atoms with Gasteiger partial charge in [-0.05, 0) is 19.3 Å². The number of rotatable bonds is 39. The van der Waals surface area contributed by atoms with Crippen LogP contribution in [-0.2, 0) is 18.7 Å². The Hall–Kier alpha value is -0.590. The Labute approximate surface area is 317 Å². The lowest BCUT2D eigenvalue weighted by molar-refractivity contribution is -0.892. The van der Waals surface area contributed by atoms with Gasteiger partial charge in [-0.25, -0.2) is 4.57 Å². The van der Waals surface area contributed by atoms with E-state index in [1.807, 2.05) is 21.1 Å². The third kappa shape index (κ3) is 26.8. The zero-order valence-electron chi connectivity index (χ0n) is 34.8. The third-order valence-corrected chi connectivity index (χ3v) is 11.4. The van der Waals surface area contributed by atoms with Gasteiger partial charge >= 0.3 is 7.82 Å². The van der Waals surface area contributed by atoms with Crippen LogP contribution in [0.2, 0.25) is 0 Å². The van der Waals surface area contributed by atoms with E-state index in [1.54, 1.807) is 6.92 Å². The molecule has 8 heteroatoms. The molecule has 0 aliphatic carbocycles. The number of hydrogen-bond donors (Lipinski definition) is 2. The summed E-state index contributed by atoms with van der Waals surface area (Å²) < 4.78 is 17.8. The lowest BCUT2D eigenvalue weighted by atomic mass is 9.79. The average molecular weight is 745 g/mol. The summed E-state index contributed by atoms with van der Waals surface area (Å²) in [4.78, 5) is 47.7. The van der Waals surface area contributed by atoms with Gasteiger partial charge in [0.2, 0.25) is 0 Å². The van der Waals surface area contributed by atoms with Crippen molar-refractivity contribution in [1.29, 1.82) is 0 Å². The van der Waals surface area contributed by atoms with Crippen LogP contribution in [0.1, 0.15) is 233 Å². The summed E-state index contributed by atoms with van der Waals surface area (Å²) in [6.07, 6.45) is 37.4.